The maximum absolute atomic E-state index is 12.4. The highest BCUT2D eigenvalue weighted by Gasteiger charge is 2.29. The van der Waals surface area contributed by atoms with E-state index in [2.05, 4.69) is 16.3 Å². The molecule has 23 heavy (non-hydrogen) atoms. The summed E-state index contributed by atoms with van der Waals surface area (Å²) in [5, 5.41) is 3.46. The first-order chi connectivity index (χ1) is 11.3. The third kappa shape index (κ3) is 4.25. The topological polar surface area (TPSA) is 41.6 Å². The zero-order chi connectivity index (χ0) is 16.1. The number of nitrogens with one attached hydrogen (secondary N) is 1. The van der Waals surface area contributed by atoms with Crippen molar-refractivity contribution in [1.82, 2.24) is 10.2 Å². The number of likely N-dealkylation sites (tertiary alicyclic amines) is 1. The van der Waals surface area contributed by atoms with Gasteiger partial charge in [-0.2, -0.15) is 0 Å². The predicted octanol–water partition coefficient (Wildman–Crippen LogP) is 2.48. The van der Waals surface area contributed by atoms with E-state index in [9.17, 15) is 4.79 Å². The molecule has 3 rings (SSSR count). The first kappa shape index (κ1) is 16.3. The van der Waals surface area contributed by atoms with Crippen LogP contribution in [-0.2, 0) is 11.2 Å². The number of carbonyl (C=O) groups is 1. The maximum Gasteiger partial charge on any atom is 0.222 e. The fraction of sp³-hybridized carbons (Fsp3) is 0.632. The van der Waals surface area contributed by atoms with Crippen LogP contribution in [0.25, 0.3) is 0 Å². The number of aryl methyl sites for hydroxylation is 1. The van der Waals surface area contributed by atoms with Crippen molar-refractivity contribution in [2.24, 2.45) is 11.8 Å². The van der Waals surface area contributed by atoms with Crippen LogP contribution >= 0.6 is 0 Å². The van der Waals surface area contributed by atoms with Crippen molar-refractivity contribution < 1.29 is 9.53 Å². The van der Waals surface area contributed by atoms with Crippen LogP contribution in [-0.4, -0.2) is 44.1 Å². The van der Waals surface area contributed by atoms with E-state index in [1.807, 2.05) is 18.2 Å². The number of hydrogen-bond acceptors (Lipinski definition) is 3. The molecule has 0 bridgehead atoms. The molecular formula is C19H28N2O2. The molecule has 1 unspecified atom stereocenters. The summed E-state index contributed by atoms with van der Waals surface area (Å²) in [6.07, 6.45) is 5.06. The Labute approximate surface area is 139 Å². The molecule has 0 aliphatic carbocycles. The van der Waals surface area contributed by atoms with Gasteiger partial charge in [0.05, 0.1) is 7.11 Å². The van der Waals surface area contributed by atoms with Gasteiger partial charge in [-0.3, -0.25) is 4.79 Å². The van der Waals surface area contributed by atoms with Crippen LogP contribution in [0, 0.1) is 11.8 Å². The second-order valence-corrected chi connectivity index (χ2v) is 6.82. The largest absolute Gasteiger partial charge is 0.497 e. The number of rotatable bonds is 5. The molecule has 1 N–H and O–H groups in total. The van der Waals surface area contributed by atoms with Gasteiger partial charge in [0.1, 0.15) is 5.75 Å². The Bertz CT molecular complexity index is 518. The lowest BCUT2D eigenvalue weighted by Gasteiger charge is -2.34. The molecule has 0 saturated carbocycles. The van der Waals surface area contributed by atoms with E-state index >= 15 is 0 Å². The average molecular weight is 316 g/mol. The second-order valence-electron chi connectivity index (χ2n) is 6.82. The molecule has 2 aliphatic rings. The van der Waals surface area contributed by atoms with Crippen molar-refractivity contribution in [3.05, 3.63) is 29.8 Å². The highest BCUT2D eigenvalue weighted by molar-refractivity contribution is 5.76. The maximum atomic E-state index is 12.4. The van der Waals surface area contributed by atoms with Crippen molar-refractivity contribution >= 4 is 5.91 Å². The summed E-state index contributed by atoms with van der Waals surface area (Å²) in [5.74, 6) is 2.81. The van der Waals surface area contributed by atoms with Gasteiger partial charge in [0, 0.05) is 19.5 Å². The molecule has 2 saturated heterocycles. The number of hydrogen-bond donors (Lipinski definition) is 1. The molecule has 4 heteroatoms. The minimum absolute atomic E-state index is 0.302. The Balaban J connectivity index is 1.44. The molecule has 1 aromatic carbocycles. The molecule has 0 spiro atoms. The zero-order valence-corrected chi connectivity index (χ0v) is 14.1. The first-order valence-electron chi connectivity index (χ1n) is 8.87. The van der Waals surface area contributed by atoms with Gasteiger partial charge in [-0.1, -0.05) is 12.1 Å². The highest BCUT2D eigenvalue weighted by atomic mass is 16.5. The lowest BCUT2D eigenvalue weighted by molar-refractivity contribution is -0.132. The summed E-state index contributed by atoms with van der Waals surface area (Å²) in [7, 11) is 1.67. The third-order valence-corrected chi connectivity index (χ3v) is 5.42. The van der Waals surface area contributed by atoms with Crippen LogP contribution in [0.4, 0.5) is 0 Å². The van der Waals surface area contributed by atoms with Crippen LogP contribution in [0.3, 0.4) is 0 Å². The molecule has 2 heterocycles. The van der Waals surface area contributed by atoms with Gasteiger partial charge in [0.15, 0.2) is 0 Å². The number of nitrogens with zero attached hydrogens (tertiary/aromatic N) is 1. The molecule has 1 aromatic rings. The number of amides is 1. The van der Waals surface area contributed by atoms with Crippen molar-refractivity contribution in [2.45, 2.75) is 32.1 Å². The molecule has 4 nitrogen and oxygen atoms in total. The first-order valence-corrected chi connectivity index (χ1v) is 8.87. The Morgan fingerprint density at radius 3 is 2.78 bits per heavy atom. The van der Waals surface area contributed by atoms with Crippen molar-refractivity contribution in [3.63, 3.8) is 0 Å². The molecule has 2 aliphatic heterocycles. The summed E-state index contributed by atoms with van der Waals surface area (Å²) in [6.45, 7) is 4.23. The van der Waals surface area contributed by atoms with Gasteiger partial charge < -0.3 is 15.0 Å². The SMILES string of the molecule is COc1cccc(CCC(=O)N2CCC(C3CCNC3)CC2)c1. The lowest BCUT2D eigenvalue weighted by Crippen LogP contribution is -2.40. The van der Waals surface area contributed by atoms with E-state index in [-0.39, 0.29) is 0 Å². The van der Waals surface area contributed by atoms with Gasteiger partial charge >= 0.3 is 0 Å². The van der Waals surface area contributed by atoms with E-state index in [1.165, 1.54) is 37.9 Å². The van der Waals surface area contributed by atoms with Crippen molar-refractivity contribution in [3.8, 4) is 5.75 Å². The Morgan fingerprint density at radius 1 is 1.26 bits per heavy atom. The van der Waals surface area contributed by atoms with Gasteiger partial charge in [-0.05, 0) is 68.3 Å². The molecule has 0 radical (unpaired) electrons. The summed E-state index contributed by atoms with van der Waals surface area (Å²) in [4.78, 5) is 14.5. The molecule has 1 amide bonds. The Hall–Kier alpha value is -1.55. The fourth-order valence-corrected chi connectivity index (χ4v) is 3.94. The zero-order valence-electron chi connectivity index (χ0n) is 14.1. The van der Waals surface area contributed by atoms with Gasteiger partial charge in [0.2, 0.25) is 5.91 Å². The van der Waals surface area contributed by atoms with E-state index in [4.69, 9.17) is 4.74 Å². The van der Waals surface area contributed by atoms with Crippen molar-refractivity contribution in [1.29, 1.82) is 0 Å². The molecular weight excluding hydrogens is 288 g/mol. The monoisotopic (exact) mass is 316 g/mol. The fourth-order valence-electron chi connectivity index (χ4n) is 3.94. The second kappa shape index (κ2) is 7.82. The summed E-state index contributed by atoms with van der Waals surface area (Å²) >= 11 is 0. The lowest BCUT2D eigenvalue weighted by atomic mass is 9.83. The van der Waals surface area contributed by atoms with Gasteiger partial charge in [-0.25, -0.2) is 0 Å². The van der Waals surface area contributed by atoms with Crippen LogP contribution in [0.5, 0.6) is 5.75 Å². The Morgan fingerprint density at radius 2 is 2.09 bits per heavy atom. The molecule has 126 valence electrons. The minimum atomic E-state index is 0.302. The standard InChI is InChI=1S/C19H28N2O2/c1-23-18-4-2-3-15(13-18)5-6-19(22)21-11-8-16(9-12-21)17-7-10-20-14-17/h2-4,13,16-17,20H,5-12,14H2,1H3. The van der Waals surface area contributed by atoms with E-state index in [0.29, 0.717) is 12.3 Å². The predicted molar refractivity (Wildman–Crippen MR) is 91.6 cm³/mol. The Kier molecular flexibility index (Phi) is 5.55. The molecule has 1 atom stereocenters. The number of ether oxygens (including phenoxy) is 1. The van der Waals surface area contributed by atoms with Crippen LogP contribution in [0.2, 0.25) is 0 Å². The van der Waals surface area contributed by atoms with Crippen molar-refractivity contribution in [2.75, 3.05) is 33.3 Å². The van der Waals surface area contributed by atoms with E-state index in [1.54, 1.807) is 7.11 Å². The summed E-state index contributed by atoms with van der Waals surface area (Å²) in [5.41, 5.74) is 1.17. The molecule has 2 fully saturated rings. The normalized spacial score (nSPS) is 22.3. The van der Waals surface area contributed by atoms with Crippen LogP contribution in [0.15, 0.2) is 24.3 Å². The number of piperidine rings is 1. The smallest absolute Gasteiger partial charge is 0.222 e. The number of benzene rings is 1. The average Bonchev–Trinajstić information content (AvgIpc) is 3.14. The summed E-state index contributed by atoms with van der Waals surface area (Å²) < 4.78 is 5.24. The summed E-state index contributed by atoms with van der Waals surface area (Å²) in [6, 6.07) is 8.01. The van der Waals surface area contributed by atoms with Crippen LogP contribution in [0.1, 0.15) is 31.2 Å². The highest BCUT2D eigenvalue weighted by Crippen LogP contribution is 2.29. The van der Waals surface area contributed by atoms with Gasteiger partial charge in [-0.15, -0.1) is 0 Å². The molecule has 0 aromatic heterocycles. The van der Waals surface area contributed by atoms with Gasteiger partial charge in [0.25, 0.3) is 0 Å². The minimum Gasteiger partial charge on any atom is -0.497 e. The number of methoxy groups -OCH3 is 1. The van der Waals surface area contributed by atoms with E-state index in [0.717, 1.165) is 37.1 Å². The van der Waals surface area contributed by atoms with Crippen LogP contribution < -0.4 is 10.1 Å². The third-order valence-electron chi connectivity index (χ3n) is 5.42. The quantitative estimate of drug-likeness (QED) is 0.907. The van der Waals surface area contributed by atoms with E-state index < -0.39 is 0 Å². The number of carbonyl (C=O) groups excluding carboxylic acids is 1.